The predicted molar refractivity (Wildman–Crippen MR) is 108 cm³/mol. The molecule has 0 saturated carbocycles. The van der Waals surface area contributed by atoms with Crippen LogP contribution in [0.5, 0.6) is 0 Å². The van der Waals surface area contributed by atoms with Crippen molar-refractivity contribution in [3.63, 3.8) is 0 Å². The molecule has 0 aromatic heterocycles. The van der Waals surface area contributed by atoms with Gasteiger partial charge >= 0.3 is 0 Å². The summed E-state index contributed by atoms with van der Waals surface area (Å²) >= 11 is 0. The fourth-order valence-electron chi connectivity index (χ4n) is 3.04. The number of carbonyl (C=O) groups excluding carboxylic acids is 1. The van der Waals surface area contributed by atoms with Crippen molar-refractivity contribution in [1.29, 1.82) is 0 Å². The van der Waals surface area contributed by atoms with Crippen molar-refractivity contribution in [2.24, 2.45) is 5.92 Å². The number of nitrogens with one attached hydrogen (secondary N) is 3. The average Bonchev–Trinajstić information content (AvgIpc) is 2.63. The van der Waals surface area contributed by atoms with Crippen molar-refractivity contribution >= 4 is 39.7 Å². The molecule has 1 aromatic carbocycles. The molecule has 1 aliphatic rings. The molecule has 0 atom stereocenters. The molecule has 148 valence electrons. The number of amides is 1. The minimum Gasteiger partial charge on any atom is -0.386 e. The maximum atomic E-state index is 12.7. The van der Waals surface area contributed by atoms with Gasteiger partial charge in [0.05, 0.1) is 16.3 Å². The fraction of sp³-hybridized carbons (Fsp3) is 0.588. The summed E-state index contributed by atoms with van der Waals surface area (Å²) in [5.41, 5.74) is 1.19. The SMILES string of the molecule is CCN(CC)S(=O)(=O)c1ccc(NC)c(NC(=O)C2CCNCC2)c1.Cl. The van der Waals surface area contributed by atoms with Gasteiger partial charge in [-0.25, -0.2) is 8.42 Å². The fourth-order valence-corrected chi connectivity index (χ4v) is 4.52. The second-order valence-corrected chi connectivity index (χ2v) is 8.00. The third kappa shape index (κ3) is 5.09. The van der Waals surface area contributed by atoms with Gasteiger partial charge in [0.2, 0.25) is 15.9 Å². The van der Waals surface area contributed by atoms with E-state index in [4.69, 9.17) is 0 Å². The van der Waals surface area contributed by atoms with E-state index in [-0.39, 0.29) is 29.1 Å². The first-order chi connectivity index (χ1) is 11.9. The van der Waals surface area contributed by atoms with Gasteiger partial charge in [-0.2, -0.15) is 4.31 Å². The zero-order valence-electron chi connectivity index (χ0n) is 15.5. The van der Waals surface area contributed by atoms with Crippen LogP contribution in [0.3, 0.4) is 0 Å². The van der Waals surface area contributed by atoms with Crippen molar-refractivity contribution in [3.05, 3.63) is 18.2 Å². The maximum absolute atomic E-state index is 12.7. The van der Waals surface area contributed by atoms with Crippen LogP contribution in [0.4, 0.5) is 11.4 Å². The number of anilines is 2. The molecule has 9 heteroatoms. The average molecular weight is 405 g/mol. The number of hydrogen-bond acceptors (Lipinski definition) is 5. The van der Waals surface area contributed by atoms with Crippen LogP contribution in [-0.4, -0.2) is 51.9 Å². The van der Waals surface area contributed by atoms with Gasteiger partial charge in [0.15, 0.2) is 0 Å². The lowest BCUT2D eigenvalue weighted by atomic mass is 9.97. The predicted octanol–water partition coefficient (Wildman–Crippen LogP) is 2.12. The number of hydrogen-bond donors (Lipinski definition) is 3. The second-order valence-electron chi connectivity index (χ2n) is 6.06. The van der Waals surface area contributed by atoms with Crippen LogP contribution in [-0.2, 0) is 14.8 Å². The van der Waals surface area contributed by atoms with Gasteiger partial charge in [0.1, 0.15) is 0 Å². The molecule has 0 aliphatic carbocycles. The highest BCUT2D eigenvalue weighted by atomic mass is 35.5. The van der Waals surface area contributed by atoms with Crippen LogP contribution >= 0.6 is 12.4 Å². The van der Waals surface area contributed by atoms with Gasteiger partial charge in [0, 0.05) is 26.1 Å². The molecule has 0 bridgehead atoms. The Balaban J connectivity index is 0.00000338. The van der Waals surface area contributed by atoms with Crippen molar-refractivity contribution in [2.75, 3.05) is 43.9 Å². The Morgan fingerprint density at radius 1 is 1.19 bits per heavy atom. The van der Waals surface area contributed by atoms with Crippen LogP contribution in [0.2, 0.25) is 0 Å². The molecule has 0 radical (unpaired) electrons. The van der Waals surface area contributed by atoms with E-state index < -0.39 is 10.0 Å². The molecule has 0 spiro atoms. The van der Waals surface area contributed by atoms with Gasteiger partial charge in [-0.15, -0.1) is 12.4 Å². The minimum absolute atomic E-state index is 0. The molecule has 1 saturated heterocycles. The molecule has 1 amide bonds. The maximum Gasteiger partial charge on any atom is 0.243 e. The van der Waals surface area contributed by atoms with E-state index in [0.717, 1.165) is 25.9 Å². The second kappa shape index (κ2) is 10.1. The summed E-state index contributed by atoms with van der Waals surface area (Å²) in [6.07, 6.45) is 1.58. The summed E-state index contributed by atoms with van der Waals surface area (Å²) in [5.74, 6) is -0.107. The van der Waals surface area contributed by atoms with Crippen LogP contribution < -0.4 is 16.0 Å². The molecule has 2 rings (SSSR count). The van der Waals surface area contributed by atoms with E-state index in [1.165, 1.54) is 4.31 Å². The number of sulfonamides is 1. The van der Waals surface area contributed by atoms with E-state index in [0.29, 0.717) is 24.5 Å². The van der Waals surface area contributed by atoms with Crippen LogP contribution in [0.15, 0.2) is 23.1 Å². The number of rotatable bonds is 7. The Labute approximate surface area is 162 Å². The number of benzene rings is 1. The normalized spacial score (nSPS) is 15.4. The van der Waals surface area contributed by atoms with Crippen molar-refractivity contribution in [3.8, 4) is 0 Å². The molecule has 7 nitrogen and oxygen atoms in total. The Morgan fingerprint density at radius 2 is 1.81 bits per heavy atom. The van der Waals surface area contributed by atoms with Crippen molar-refractivity contribution in [2.45, 2.75) is 31.6 Å². The largest absolute Gasteiger partial charge is 0.386 e. The first-order valence-corrected chi connectivity index (χ1v) is 10.2. The molecular weight excluding hydrogens is 376 g/mol. The first kappa shape index (κ1) is 22.7. The molecule has 26 heavy (non-hydrogen) atoms. The Bertz CT molecular complexity index is 702. The smallest absolute Gasteiger partial charge is 0.243 e. The highest BCUT2D eigenvalue weighted by molar-refractivity contribution is 7.89. The lowest BCUT2D eigenvalue weighted by Gasteiger charge is -2.23. The van der Waals surface area contributed by atoms with Gasteiger partial charge in [-0.3, -0.25) is 4.79 Å². The van der Waals surface area contributed by atoms with E-state index in [1.54, 1.807) is 25.2 Å². The lowest BCUT2D eigenvalue weighted by molar-refractivity contribution is -0.120. The highest BCUT2D eigenvalue weighted by Gasteiger charge is 2.25. The quantitative estimate of drug-likeness (QED) is 0.647. The zero-order chi connectivity index (χ0) is 18.4. The number of carbonyl (C=O) groups is 1. The van der Waals surface area contributed by atoms with E-state index >= 15 is 0 Å². The number of halogens is 1. The van der Waals surface area contributed by atoms with Gasteiger partial charge < -0.3 is 16.0 Å². The standard InChI is InChI=1S/C17H28N4O3S.ClH/c1-4-21(5-2)25(23,24)14-6-7-15(18-3)16(12-14)20-17(22)13-8-10-19-11-9-13;/h6-7,12-13,18-19H,4-5,8-11H2,1-3H3,(H,20,22);1H. The van der Waals surface area contributed by atoms with E-state index in [2.05, 4.69) is 16.0 Å². The van der Waals surface area contributed by atoms with Crippen LogP contribution in [0.1, 0.15) is 26.7 Å². The van der Waals surface area contributed by atoms with E-state index in [1.807, 2.05) is 13.8 Å². The zero-order valence-corrected chi connectivity index (χ0v) is 17.2. The van der Waals surface area contributed by atoms with E-state index in [9.17, 15) is 13.2 Å². The lowest BCUT2D eigenvalue weighted by Crippen LogP contribution is -2.34. The third-order valence-corrected chi connectivity index (χ3v) is 6.62. The highest BCUT2D eigenvalue weighted by Crippen LogP contribution is 2.28. The van der Waals surface area contributed by atoms with Crippen molar-refractivity contribution in [1.82, 2.24) is 9.62 Å². The van der Waals surface area contributed by atoms with Crippen LogP contribution in [0.25, 0.3) is 0 Å². The Morgan fingerprint density at radius 3 is 2.35 bits per heavy atom. The minimum atomic E-state index is -3.57. The van der Waals surface area contributed by atoms with Crippen LogP contribution in [0, 0.1) is 5.92 Å². The van der Waals surface area contributed by atoms with Gasteiger partial charge in [-0.1, -0.05) is 13.8 Å². The number of piperidine rings is 1. The summed E-state index contributed by atoms with van der Waals surface area (Å²) < 4.78 is 26.8. The number of nitrogens with zero attached hydrogens (tertiary/aromatic N) is 1. The Kier molecular flexibility index (Phi) is 8.82. The summed E-state index contributed by atoms with van der Waals surface area (Å²) in [4.78, 5) is 12.7. The third-order valence-electron chi connectivity index (χ3n) is 4.57. The molecule has 1 aliphatic heterocycles. The molecule has 1 aromatic rings. The topological polar surface area (TPSA) is 90.5 Å². The summed E-state index contributed by atoms with van der Waals surface area (Å²) in [7, 11) is -1.82. The molecule has 0 unspecified atom stereocenters. The van der Waals surface area contributed by atoms with Gasteiger partial charge in [0.25, 0.3) is 0 Å². The monoisotopic (exact) mass is 404 g/mol. The first-order valence-electron chi connectivity index (χ1n) is 8.77. The summed E-state index contributed by atoms with van der Waals surface area (Å²) in [5, 5.41) is 9.14. The summed E-state index contributed by atoms with van der Waals surface area (Å²) in [6, 6.07) is 4.80. The molecular formula is C17H29ClN4O3S. The van der Waals surface area contributed by atoms with Gasteiger partial charge in [-0.05, 0) is 44.1 Å². The molecule has 3 N–H and O–H groups in total. The molecule has 1 fully saturated rings. The van der Waals surface area contributed by atoms with Crippen molar-refractivity contribution < 1.29 is 13.2 Å². The summed E-state index contributed by atoms with van der Waals surface area (Å²) in [6.45, 7) is 6.08. The molecule has 1 heterocycles. The Hall–Kier alpha value is -1.35.